The van der Waals surface area contributed by atoms with Crippen LogP contribution in [0.25, 0.3) is 22.2 Å². The van der Waals surface area contributed by atoms with Gasteiger partial charge in [0, 0.05) is 29.2 Å². The van der Waals surface area contributed by atoms with Crippen molar-refractivity contribution in [3.05, 3.63) is 48.0 Å². The molecule has 18 heavy (non-hydrogen) atoms. The summed E-state index contributed by atoms with van der Waals surface area (Å²) in [7, 11) is 0. The Morgan fingerprint density at radius 2 is 2.11 bits per heavy atom. The van der Waals surface area contributed by atoms with Crippen LogP contribution in [0.5, 0.6) is 0 Å². The first-order chi connectivity index (χ1) is 8.79. The number of rotatable bonds is 2. The Hall–Kier alpha value is -2.20. The van der Waals surface area contributed by atoms with Gasteiger partial charge in [-0.15, -0.1) is 0 Å². The number of aromatic amines is 1. The maximum atomic E-state index is 5.68. The minimum atomic E-state index is 0.412. The van der Waals surface area contributed by atoms with E-state index in [0.717, 1.165) is 33.5 Å². The predicted molar refractivity (Wildman–Crippen MR) is 72.0 cm³/mol. The van der Waals surface area contributed by atoms with Gasteiger partial charge in [-0.25, -0.2) is 4.98 Å². The number of para-hydroxylation sites is 1. The third-order valence-electron chi connectivity index (χ3n) is 3.11. The SMILES string of the molecule is Cc1ncc(-c2c[nH]c3ccccc23)nc1CN. The zero-order valence-corrected chi connectivity index (χ0v) is 10.1. The molecule has 90 valence electrons. The number of aryl methyl sites for hydroxylation is 1. The Morgan fingerprint density at radius 1 is 1.28 bits per heavy atom. The van der Waals surface area contributed by atoms with Crippen LogP contribution >= 0.6 is 0 Å². The second-order valence-corrected chi connectivity index (χ2v) is 4.24. The molecule has 0 spiro atoms. The van der Waals surface area contributed by atoms with Crippen molar-refractivity contribution >= 4 is 10.9 Å². The molecule has 0 amide bonds. The molecule has 4 nitrogen and oxygen atoms in total. The van der Waals surface area contributed by atoms with E-state index < -0.39 is 0 Å². The minimum Gasteiger partial charge on any atom is -0.360 e. The van der Waals surface area contributed by atoms with E-state index in [1.807, 2.05) is 31.3 Å². The molecule has 3 aromatic rings. The summed E-state index contributed by atoms with van der Waals surface area (Å²) in [5, 5.41) is 1.15. The van der Waals surface area contributed by atoms with Crippen LogP contribution in [0.15, 0.2) is 36.7 Å². The molecule has 0 aliphatic rings. The molecule has 1 aromatic carbocycles. The molecule has 0 bridgehead atoms. The summed E-state index contributed by atoms with van der Waals surface area (Å²) in [6.45, 7) is 2.34. The lowest BCUT2D eigenvalue weighted by atomic mass is 10.1. The molecule has 2 heterocycles. The molecule has 0 saturated carbocycles. The van der Waals surface area contributed by atoms with Gasteiger partial charge in [0.1, 0.15) is 0 Å². The number of fused-ring (bicyclic) bond motifs is 1. The Bertz CT molecular complexity index is 700. The van der Waals surface area contributed by atoms with Gasteiger partial charge < -0.3 is 10.7 Å². The molecule has 2 aromatic heterocycles. The second kappa shape index (κ2) is 4.23. The molecule has 4 heteroatoms. The molecule has 0 aliphatic heterocycles. The predicted octanol–water partition coefficient (Wildman–Crippen LogP) is 2.39. The first-order valence-corrected chi connectivity index (χ1v) is 5.88. The number of hydrogen-bond donors (Lipinski definition) is 2. The van der Waals surface area contributed by atoms with Crippen molar-refractivity contribution in [3.63, 3.8) is 0 Å². The normalized spacial score (nSPS) is 11.0. The molecule has 0 radical (unpaired) electrons. The van der Waals surface area contributed by atoms with Gasteiger partial charge >= 0.3 is 0 Å². The highest BCUT2D eigenvalue weighted by Crippen LogP contribution is 2.26. The summed E-state index contributed by atoms with van der Waals surface area (Å²) >= 11 is 0. The Morgan fingerprint density at radius 3 is 2.94 bits per heavy atom. The van der Waals surface area contributed by atoms with Crippen LogP contribution in [0.4, 0.5) is 0 Å². The molecular weight excluding hydrogens is 224 g/mol. The molecule has 0 atom stereocenters. The van der Waals surface area contributed by atoms with Crippen LogP contribution in [0.2, 0.25) is 0 Å². The van der Waals surface area contributed by atoms with Gasteiger partial charge in [-0.2, -0.15) is 0 Å². The van der Waals surface area contributed by atoms with E-state index in [1.54, 1.807) is 6.20 Å². The number of nitrogens with two attached hydrogens (primary N) is 1. The highest BCUT2D eigenvalue weighted by Gasteiger charge is 2.09. The lowest BCUT2D eigenvalue weighted by Gasteiger charge is -2.04. The van der Waals surface area contributed by atoms with E-state index in [1.165, 1.54) is 0 Å². The zero-order chi connectivity index (χ0) is 12.5. The van der Waals surface area contributed by atoms with Crippen molar-refractivity contribution in [2.24, 2.45) is 5.73 Å². The number of nitrogens with one attached hydrogen (secondary N) is 1. The maximum Gasteiger partial charge on any atom is 0.0910 e. The van der Waals surface area contributed by atoms with Crippen molar-refractivity contribution in [3.8, 4) is 11.3 Å². The third kappa shape index (κ3) is 1.67. The standard InChI is InChI=1S/C14H14N4/c1-9-13(6-15)18-14(8-16-9)11-7-17-12-5-3-2-4-10(11)12/h2-5,7-8,17H,6,15H2,1H3. The summed E-state index contributed by atoms with van der Waals surface area (Å²) in [6, 6.07) is 8.15. The second-order valence-electron chi connectivity index (χ2n) is 4.24. The summed E-state index contributed by atoms with van der Waals surface area (Å²) in [6.07, 6.45) is 3.76. The first kappa shape index (κ1) is 10.9. The Balaban J connectivity index is 2.20. The number of nitrogens with zero attached hydrogens (tertiary/aromatic N) is 2. The lowest BCUT2D eigenvalue weighted by molar-refractivity contribution is 0.933. The van der Waals surface area contributed by atoms with Crippen molar-refractivity contribution in [1.82, 2.24) is 15.0 Å². The minimum absolute atomic E-state index is 0.412. The van der Waals surface area contributed by atoms with Gasteiger partial charge in [0.15, 0.2) is 0 Å². The van der Waals surface area contributed by atoms with E-state index in [2.05, 4.69) is 21.0 Å². The summed E-state index contributed by atoms with van der Waals surface area (Å²) < 4.78 is 0. The highest BCUT2D eigenvalue weighted by molar-refractivity contribution is 5.94. The largest absolute Gasteiger partial charge is 0.360 e. The fraction of sp³-hybridized carbons (Fsp3) is 0.143. The van der Waals surface area contributed by atoms with Crippen LogP contribution in [-0.2, 0) is 6.54 Å². The van der Waals surface area contributed by atoms with Crippen LogP contribution in [-0.4, -0.2) is 15.0 Å². The summed E-state index contributed by atoms with van der Waals surface area (Å²) in [5.74, 6) is 0. The van der Waals surface area contributed by atoms with Crippen LogP contribution in [0.1, 0.15) is 11.4 Å². The van der Waals surface area contributed by atoms with Gasteiger partial charge in [-0.1, -0.05) is 18.2 Å². The average Bonchev–Trinajstić information content (AvgIpc) is 2.83. The topological polar surface area (TPSA) is 67.6 Å². The van der Waals surface area contributed by atoms with Crippen molar-refractivity contribution in [1.29, 1.82) is 0 Å². The van der Waals surface area contributed by atoms with E-state index in [4.69, 9.17) is 5.73 Å². The van der Waals surface area contributed by atoms with Crippen LogP contribution in [0, 0.1) is 6.92 Å². The van der Waals surface area contributed by atoms with Gasteiger partial charge in [-0.05, 0) is 13.0 Å². The Labute approximate surface area is 105 Å². The quantitative estimate of drug-likeness (QED) is 0.720. The third-order valence-corrected chi connectivity index (χ3v) is 3.11. The van der Waals surface area contributed by atoms with E-state index in [-0.39, 0.29) is 0 Å². The van der Waals surface area contributed by atoms with Crippen LogP contribution < -0.4 is 5.73 Å². The smallest absolute Gasteiger partial charge is 0.0910 e. The van der Waals surface area contributed by atoms with Crippen LogP contribution in [0.3, 0.4) is 0 Å². The molecule has 0 fully saturated rings. The number of hydrogen-bond acceptors (Lipinski definition) is 3. The summed E-state index contributed by atoms with van der Waals surface area (Å²) in [4.78, 5) is 12.2. The molecular formula is C14H14N4. The lowest BCUT2D eigenvalue weighted by Crippen LogP contribution is -2.04. The first-order valence-electron chi connectivity index (χ1n) is 5.88. The van der Waals surface area contributed by atoms with Crippen molar-refractivity contribution in [2.75, 3.05) is 0 Å². The monoisotopic (exact) mass is 238 g/mol. The number of benzene rings is 1. The van der Waals surface area contributed by atoms with Crippen molar-refractivity contribution in [2.45, 2.75) is 13.5 Å². The molecule has 0 saturated heterocycles. The molecule has 3 rings (SSSR count). The summed E-state index contributed by atoms with van der Waals surface area (Å²) in [5.41, 5.74) is 10.4. The van der Waals surface area contributed by atoms with Gasteiger partial charge in [0.25, 0.3) is 0 Å². The van der Waals surface area contributed by atoms with Crippen molar-refractivity contribution < 1.29 is 0 Å². The van der Waals surface area contributed by atoms with E-state index >= 15 is 0 Å². The highest BCUT2D eigenvalue weighted by atomic mass is 14.8. The van der Waals surface area contributed by atoms with E-state index in [9.17, 15) is 0 Å². The van der Waals surface area contributed by atoms with Gasteiger partial charge in [-0.3, -0.25) is 4.98 Å². The molecule has 3 N–H and O–H groups in total. The Kier molecular flexibility index (Phi) is 2.57. The fourth-order valence-corrected chi connectivity index (χ4v) is 2.09. The molecule has 0 unspecified atom stereocenters. The fourth-order valence-electron chi connectivity index (χ4n) is 2.09. The van der Waals surface area contributed by atoms with E-state index in [0.29, 0.717) is 6.54 Å². The molecule has 0 aliphatic carbocycles. The van der Waals surface area contributed by atoms with Gasteiger partial charge in [0.05, 0.1) is 23.3 Å². The number of aromatic nitrogens is 3. The number of H-pyrrole nitrogens is 1. The van der Waals surface area contributed by atoms with Gasteiger partial charge in [0.2, 0.25) is 0 Å². The zero-order valence-electron chi connectivity index (χ0n) is 10.1. The average molecular weight is 238 g/mol. The maximum absolute atomic E-state index is 5.68.